The Kier molecular flexibility index (Phi) is 10.3. The predicted molar refractivity (Wildman–Crippen MR) is 241 cm³/mol. The van der Waals surface area contributed by atoms with E-state index in [1.807, 2.05) is 30.3 Å². The lowest BCUT2D eigenvalue weighted by Crippen LogP contribution is -2.26. The Balaban J connectivity index is 1.21. The molecule has 8 rings (SSSR count). The van der Waals surface area contributed by atoms with E-state index in [0.717, 1.165) is 39.2 Å². The van der Waals surface area contributed by atoms with Gasteiger partial charge in [0.05, 0.1) is 23.6 Å². The lowest BCUT2D eigenvalue weighted by atomic mass is 9.88. The van der Waals surface area contributed by atoms with Crippen LogP contribution in [-0.4, -0.2) is 21.3 Å². The Bertz CT molecular complexity index is 2540. The summed E-state index contributed by atoms with van der Waals surface area (Å²) in [5.41, 5.74) is 13.9. The quantitative estimate of drug-likeness (QED) is 0.151. The number of phenols is 1. The molecule has 0 atom stereocenters. The van der Waals surface area contributed by atoms with Gasteiger partial charge in [0.2, 0.25) is 0 Å². The zero-order valence-electron chi connectivity index (χ0n) is 34.5. The summed E-state index contributed by atoms with van der Waals surface area (Å²) in [6.07, 6.45) is 6.59. The van der Waals surface area contributed by atoms with Crippen LogP contribution in [0.1, 0.15) is 101 Å². The number of aromatic hydroxyl groups is 1. The van der Waals surface area contributed by atoms with Crippen LogP contribution in [0.4, 0.5) is 11.4 Å². The third-order valence-electron chi connectivity index (χ3n) is 11.4. The van der Waals surface area contributed by atoms with Gasteiger partial charge in [0.25, 0.3) is 0 Å². The summed E-state index contributed by atoms with van der Waals surface area (Å²) in [6, 6.07) is 42.9. The molecule has 1 N–H and O–H groups in total. The Morgan fingerprint density at radius 3 is 1.79 bits per heavy atom. The Hall–Kier alpha value is -6.07. The number of imidazole rings is 1. The molecule has 1 aromatic heterocycles. The number of para-hydroxylation sites is 1. The number of hydrogen-bond donors (Lipinski definition) is 1. The molecular weight excluding hydrogens is 697 g/mol. The van der Waals surface area contributed by atoms with E-state index < -0.39 is 0 Å². The molecule has 1 aliphatic rings. The molecule has 5 nitrogen and oxygen atoms in total. The van der Waals surface area contributed by atoms with E-state index in [2.05, 4.69) is 179 Å². The molecule has 0 spiro atoms. The van der Waals surface area contributed by atoms with Gasteiger partial charge in [-0.15, -0.1) is 0 Å². The van der Waals surface area contributed by atoms with Crippen molar-refractivity contribution in [2.45, 2.75) is 79.1 Å². The molecule has 0 aliphatic carbocycles. The molecule has 0 saturated heterocycles. The molecule has 0 amide bonds. The van der Waals surface area contributed by atoms with E-state index in [4.69, 9.17) is 4.98 Å². The number of aromatic nitrogens is 2. The first-order valence-electron chi connectivity index (χ1n) is 20.5. The highest BCUT2D eigenvalue weighted by Crippen LogP contribution is 2.43. The molecule has 0 fully saturated rings. The van der Waals surface area contributed by atoms with Crippen molar-refractivity contribution in [1.82, 2.24) is 9.55 Å². The van der Waals surface area contributed by atoms with Crippen LogP contribution in [0.5, 0.6) is 5.75 Å². The second-order valence-corrected chi connectivity index (χ2v) is 16.7. The van der Waals surface area contributed by atoms with Gasteiger partial charge in [0.1, 0.15) is 11.6 Å². The highest BCUT2D eigenvalue weighted by molar-refractivity contribution is 5.94. The molecule has 1 aliphatic heterocycles. The van der Waals surface area contributed by atoms with Crippen molar-refractivity contribution in [2.24, 2.45) is 0 Å². The van der Waals surface area contributed by atoms with E-state index in [1.165, 1.54) is 39.1 Å². The molecule has 7 aromatic rings. The molecule has 288 valence electrons. The summed E-state index contributed by atoms with van der Waals surface area (Å²) in [4.78, 5) is 10.1. The van der Waals surface area contributed by atoms with E-state index in [0.29, 0.717) is 24.1 Å². The first kappa shape index (κ1) is 37.8. The van der Waals surface area contributed by atoms with Gasteiger partial charge in [-0.1, -0.05) is 146 Å². The van der Waals surface area contributed by atoms with Crippen LogP contribution in [0, 0.1) is 0 Å². The molecule has 0 bridgehead atoms. The van der Waals surface area contributed by atoms with Crippen molar-refractivity contribution in [2.75, 3.05) is 16.5 Å². The van der Waals surface area contributed by atoms with E-state index in [-0.39, 0.29) is 17.6 Å². The molecule has 0 radical (unpaired) electrons. The zero-order chi connectivity index (χ0) is 40.0. The average molecular weight is 751 g/mol. The van der Waals surface area contributed by atoms with Crippen LogP contribution in [-0.2, 0) is 0 Å². The number of rotatable bonds is 10. The average Bonchev–Trinajstić information content (AvgIpc) is 3.89. The summed E-state index contributed by atoms with van der Waals surface area (Å²) >= 11 is 0. The highest BCUT2D eigenvalue weighted by Gasteiger charge is 2.26. The molecule has 0 saturated carbocycles. The van der Waals surface area contributed by atoms with Crippen molar-refractivity contribution in [3.8, 4) is 45.2 Å². The van der Waals surface area contributed by atoms with Crippen molar-refractivity contribution in [1.29, 1.82) is 0 Å². The van der Waals surface area contributed by atoms with E-state index in [9.17, 15) is 5.11 Å². The van der Waals surface area contributed by atoms with Gasteiger partial charge in [0.15, 0.2) is 0 Å². The molecule has 5 heteroatoms. The summed E-state index contributed by atoms with van der Waals surface area (Å²) in [7, 11) is 0. The number of hydrogen-bond acceptors (Lipinski definition) is 4. The largest absolute Gasteiger partial charge is 0.507 e. The molecular formula is C52H54N4O. The Morgan fingerprint density at radius 2 is 1.12 bits per heavy atom. The first-order chi connectivity index (χ1) is 27.5. The first-order valence-corrected chi connectivity index (χ1v) is 20.5. The Morgan fingerprint density at radius 1 is 0.526 bits per heavy atom. The SMILES string of the molecule is CC(C)c1cc(-c2ccccc2)cc(C(C)C)c1N1C=CN(c2cccc(-c3cn(-c4c(C(C)C)cccc4C(C)C)c(-c4ccc5ccccc5c4O)n3)c2)C1. The van der Waals surface area contributed by atoms with Crippen molar-refractivity contribution in [3.05, 3.63) is 162 Å². The number of nitrogens with zero attached hydrogens (tertiary/aromatic N) is 4. The third kappa shape index (κ3) is 7.12. The fourth-order valence-corrected chi connectivity index (χ4v) is 8.37. The lowest BCUT2D eigenvalue weighted by molar-refractivity contribution is 0.483. The van der Waals surface area contributed by atoms with Gasteiger partial charge < -0.3 is 14.9 Å². The molecule has 57 heavy (non-hydrogen) atoms. The second kappa shape index (κ2) is 15.5. The molecule has 2 heterocycles. The van der Waals surface area contributed by atoms with Gasteiger partial charge >= 0.3 is 0 Å². The van der Waals surface area contributed by atoms with Gasteiger partial charge in [-0.05, 0) is 92.8 Å². The molecule has 0 unspecified atom stereocenters. The van der Waals surface area contributed by atoms with Crippen molar-refractivity contribution in [3.63, 3.8) is 0 Å². The minimum Gasteiger partial charge on any atom is -0.507 e. The van der Waals surface area contributed by atoms with Crippen LogP contribution in [0.3, 0.4) is 0 Å². The van der Waals surface area contributed by atoms with Crippen molar-refractivity contribution < 1.29 is 5.11 Å². The van der Waals surface area contributed by atoms with Crippen LogP contribution >= 0.6 is 0 Å². The summed E-state index contributed by atoms with van der Waals surface area (Å²) in [6.45, 7) is 18.9. The summed E-state index contributed by atoms with van der Waals surface area (Å²) < 4.78 is 2.23. The van der Waals surface area contributed by atoms with E-state index >= 15 is 0 Å². The maximum atomic E-state index is 11.8. The topological polar surface area (TPSA) is 44.5 Å². The zero-order valence-corrected chi connectivity index (χ0v) is 34.5. The van der Waals surface area contributed by atoms with Gasteiger partial charge in [-0.3, -0.25) is 4.57 Å². The second-order valence-electron chi connectivity index (χ2n) is 16.7. The lowest BCUT2D eigenvalue weighted by Gasteiger charge is -2.29. The van der Waals surface area contributed by atoms with Gasteiger partial charge in [0, 0.05) is 40.9 Å². The summed E-state index contributed by atoms with van der Waals surface area (Å²) in [5.74, 6) is 2.26. The van der Waals surface area contributed by atoms with Crippen LogP contribution in [0.25, 0.3) is 50.2 Å². The maximum Gasteiger partial charge on any atom is 0.149 e. The van der Waals surface area contributed by atoms with Gasteiger partial charge in [-0.25, -0.2) is 4.98 Å². The standard InChI is InChI=1S/C52H54N4O/c1-33(2)42-22-15-23-43(34(3)4)50(42)56-31-48(53-52(56)45-25-24-38-18-12-13-21-44(38)51(45)57)39-19-14-20-41(28-39)54-26-27-55(32-54)49-46(35(5)6)29-40(30-47(49)36(7)8)37-16-10-9-11-17-37/h9-31,33-36,57H,32H2,1-8H3. The minimum atomic E-state index is 0.244. The summed E-state index contributed by atoms with van der Waals surface area (Å²) in [5, 5.41) is 13.6. The highest BCUT2D eigenvalue weighted by atomic mass is 16.3. The molecule has 6 aromatic carbocycles. The van der Waals surface area contributed by atoms with Gasteiger partial charge in [-0.2, -0.15) is 0 Å². The Labute approximate surface area is 338 Å². The number of anilines is 2. The van der Waals surface area contributed by atoms with Crippen LogP contribution in [0.2, 0.25) is 0 Å². The fraction of sp³-hybridized carbons (Fsp3) is 0.250. The number of phenolic OH excluding ortho intramolecular Hbond substituents is 1. The maximum absolute atomic E-state index is 11.8. The van der Waals surface area contributed by atoms with E-state index in [1.54, 1.807) is 0 Å². The van der Waals surface area contributed by atoms with Crippen LogP contribution < -0.4 is 9.80 Å². The number of fused-ring (bicyclic) bond motifs is 1. The third-order valence-corrected chi connectivity index (χ3v) is 11.4. The normalized spacial score (nSPS) is 13.1. The smallest absolute Gasteiger partial charge is 0.149 e. The number of benzene rings is 6. The minimum absolute atomic E-state index is 0.244. The monoisotopic (exact) mass is 750 g/mol. The van der Waals surface area contributed by atoms with Crippen molar-refractivity contribution >= 4 is 22.1 Å². The predicted octanol–water partition coefficient (Wildman–Crippen LogP) is 14.0. The fourth-order valence-electron chi connectivity index (χ4n) is 8.37. The van der Waals surface area contributed by atoms with Crippen LogP contribution in [0.15, 0.2) is 140 Å².